The smallest absolute Gasteiger partial charge is 0.330 e. The zero-order chi connectivity index (χ0) is 18.5. The standard InChI is InChI=1S/C16H19F4NO3/c1-4-13(23)24-8-7-12(22)10-9-11(17)15(19)16(20,14(10)18)21(5-2)6-3/h4,9,14H,1,5-8H2,2-3H3. The molecular weight excluding hydrogens is 330 g/mol. The Morgan fingerprint density at radius 1 is 1.38 bits per heavy atom. The molecule has 0 aromatic rings. The molecule has 0 saturated heterocycles. The van der Waals surface area contributed by atoms with E-state index in [0.717, 1.165) is 11.0 Å². The number of likely N-dealkylation sites (N-methyl/N-ethyl adjacent to an activating group) is 1. The molecule has 24 heavy (non-hydrogen) atoms. The number of halogens is 4. The molecule has 0 bridgehead atoms. The minimum absolute atomic E-state index is 0.0907. The molecule has 0 radical (unpaired) electrons. The van der Waals surface area contributed by atoms with Crippen LogP contribution in [-0.4, -0.2) is 48.3 Å². The lowest BCUT2D eigenvalue weighted by Crippen LogP contribution is -2.55. The second kappa shape index (κ2) is 8.23. The van der Waals surface area contributed by atoms with Crippen LogP contribution in [0.15, 0.2) is 36.0 Å². The lowest BCUT2D eigenvalue weighted by atomic mass is 9.89. The van der Waals surface area contributed by atoms with E-state index in [1.807, 2.05) is 0 Å². The number of alkyl halides is 2. The summed E-state index contributed by atoms with van der Waals surface area (Å²) in [5, 5.41) is 0. The number of carbonyl (C=O) groups excluding carboxylic acids is 2. The van der Waals surface area contributed by atoms with Gasteiger partial charge in [-0.05, 0) is 19.2 Å². The summed E-state index contributed by atoms with van der Waals surface area (Å²) in [7, 11) is 0. The van der Waals surface area contributed by atoms with Crippen LogP contribution in [0.1, 0.15) is 20.3 Å². The van der Waals surface area contributed by atoms with E-state index in [4.69, 9.17) is 0 Å². The van der Waals surface area contributed by atoms with Gasteiger partial charge in [0.1, 0.15) is 0 Å². The van der Waals surface area contributed by atoms with Gasteiger partial charge in [-0.15, -0.1) is 0 Å². The molecule has 0 N–H and O–H groups in total. The van der Waals surface area contributed by atoms with Crippen molar-refractivity contribution in [2.45, 2.75) is 32.2 Å². The van der Waals surface area contributed by atoms with Crippen LogP contribution in [0.4, 0.5) is 17.6 Å². The fourth-order valence-corrected chi connectivity index (χ4v) is 2.41. The number of Topliss-reactive ketones (excluding diaryl/α,β-unsaturated/α-hetero) is 1. The molecule has 1 rings (SSSR count). The Labute approximate surface area is 137 Å². The average Bonchev–Trinajstić information content (AvgIpc) is 2.57. The molecule has 0 aromatic carbocycles. The third-order valence-electron chi connectivity index (χ3n) is 3.69. The van der Waals surface area contributed by atoms with Gasteiger partial charge in [0.15, 0.2) is 23.6 Å². The first kappa shape index (κ1) is 20.1. The average molecular weight is 349 g/mol. The van der Waals surface area contributed by atoms with E-state index >= 15 is 0 Å². The molecular formula is C16H19F4NO3. The van der Waals surface area contributed by atoms with Crippen molar-refractivity contribution >= 4 is 11.8 Å². The molecule has 134 valence electrons. The third-order valence-corrected chi connectivity index (χ3v) is 3.69. The van der Waals surface area contributed by atoms with Crippen LogP contribution < -0.4 is 0 Å². The first-order valence-corrected chi connectivity index (χ1v) is 7.41. The maximum Gasteiger partial charge on any atom is 0.330 e. The van der Waals surface area contributed by atoms with Gasteiger partial charge in [0.05, 0.1) is 6.61 Å². The van der Waals surface area contributed by atoms with Crippen molar-refractivity contribution in [2.24, 2.45) is 0 Å². The topological polar surface area (TPSA) is 46.6 Å². The maximum absolute atomic E-state index is 15.0. The Morgan fingerprint density at radius 3 is 2.46 bits per heavy atom. The van der Waals surface area contributed by atoms with Crippen molar-refractivity contribution in [1.29, 1.82) is 0 Å². The SMILES string of the molecule is C=CC(=O)OCCC(=O)C1=CC(F)=C(F)C(F)(N(CC)CC)C1F. The minimum atomic E-state index is -3.38. The fraction of sp³-hybridized carbons (Fsp3) is 0.500. The minimum Gasteiger partial charge on any atom is -0.462 e. The van der Waals surface area contributed by atoms with Crippen LogP contribution in [0, 0.1) is 0 Å². The largest absolute Gasteiger partial charge is 0.462 e. The van der Waals surface area contributed by atoms with Gasteiger partial charge in [-0.25, -0.2) is 22.4 Å². The first-order valence-electron chi connectivity index (χ1n) is 7.41. The maximum atomic E-state index is 15.0. The molecule has 4 nitrogen and oxygen atoms in total. The van der Waals surface area contributed by atoms with E-state index in [1.165, 1.54) is 13.8 Å². The number of hydrogen-bond donors (Lipinski definition) is 0. The zero-order valence-electron chi connectivity index (χ0n) is 13.5. The summed E-state index contributed by atoms with van der Waals surface area (Å²) in [6.45, 7) is 5.47. The molecule has 0 aliphatic heterocycles. The molecule has 1 aliphatic rings. The van der Waals surface area contributed by atoms with Crippen molar-refractivity contribution in [3.05, 3.63) is 36.0 Å². The lowest BCUT2D eigenvalue weighted by Gasteiger charge is -2.39. The molecule has 0 fully saturated rings. The molecule has 8 heteroatoms. The lowest BCUT2D eigenvalue weighted by molar-refractivity contribution is -0.138. The van der Waals surface area contributed by atoms with Crippen molar-refractivity contribution < 1.29 is 31.9 Å². The van der Waals surface area contributed by atoms with Gasteiger partial charge in [0.2, 0.25) is 0 Å². The second-order valence-corrected chi connectivity index (χ2v) is 5.01. The quantitative estimate of drug-likeness (QED) is 0.292. The molecule has 0 saturated carbocycles. The number of hydrogen-bond acceptors (Lipinski definition) is 4. The number of rotatable bonds is 8. The summed E-state index contributed by atoms with van der Waals surface area (Å²) in [6.07, 6.45) is -1.97. The Balaban J connectivity index is 3.04. The van der Waals surface area contributed by atoms with Crippen LogP contribution in [0.5, 0.6) is 0 Å². The molecule has 0 spiro atoms. The summed E-state index contributed by atoms with van der Waals surface area (Å²) in [6, 6.07) is 0. The van der Waals surface area contributed by atoms with Crippen molar-refractivity contribution in [3.63, 3.8) is 0 Å². The highest BCUT2D eigenvalue weighted by atomic mass is 19.2. The van der Waals surface area contributed by atoms with E-state index in [-0.39, 0.29) is 13.1 Å². The highest BCUT2D eigenvalue weighted by Gasteiger charge is 2.55. The number of ketones is 1. The highest BCUT2D eigenvalue weighted by molar-refractivity contribution is 5.97. The summed E-state index contributed by atoms with van der Waals surface area (Å²) in [5.74, 6) is -8.68. The molecule has 0 amide bonds. The Morgan fingerprint density at radius 2 is 1.96 bits per heavy atom. The normalized spacial score (nSPS) is 24.0. The fourth-order valence-electron chi connectivity index (χ4n) is 2.41. The number of nitrogens with zero attached hydrogens (tertiary/aromatic N) is 1. The highest BCUT2D eigenvalue weighted by Crippen LogP contribution is 2.43. The summed E-state index contributed by atoms with van der Waals surface area (Å²) < 4.78 is 61.8. The summed E-state index contributed by atoms with van der Waals surface area (Å²) >= 11 is 0. The Bertz CT molecular complexity index is 584. The van der Waals surface area contributed by atoms with E-state index < -0.39 is 54.0 Å². The number of allylic oxidation sites excluding steroid dienone is 2. The van der Waals surface area contributed by atoms with E-state index in [0.29, 0.717) is 6.08 Å². The van der Waals surface area contributed by atoms with Crippen LogP contribution in [0.25, 0.3) is 0 Å². The molecule has 2 atom stereocenters. The van der Waals surface area contributed by atoms with Gasteiger partial charge in [-0.2, -0.15) is 0 Å². The zero-order valence-corrected chi connectivity index (χ0v) is 13.5. The van der Waals surface area contributed by atoms with E-state index in [2.05, 4.69) is 11.3 Å². The molecule has 2 unspecified atom stereocenters. The van der Waals surface area contributed by atoms with Gasteiger partial charge in [-0.3, -0.25) is 9.69 Å². The predicted molar refractivity (Wildman–Crippen MR) is 79.8 cm³/mol. The monoisotopic (exact) mass is 349 g/mol. The van der Waals surface area contributed by atoms with Crippen LogP contribution in [0.3, 0.4) is 0 Å². The van der Waals surface area contributed by atoms with Crippen LogP contribution in [0.2, 0.25) is 0 Å². The molecule has 1 aliphatic carbocycles. The van der Waals surface area contributed by atoms with Gasteiger partial charge in [0.25, 0.3) is 5.79 Å². The molecule has 0 aromatic heterocycles. The van der Waals surface area contributed by atoms with Crippen LogP contribution >= 0.6 is 0 Å². The first-order chi connectivity index (χ1) is 11.2. The van der Waals surface area contributed by atoms with Gasteiger partial charge >= 0.3 is 5.97 Å². The van der Waals surface area contributed by atoms with Crippen LogP contribution in [-0.2, 0) is 14.3 Å². The van der Waals surface area contributed by atoms with Crippen molar-refractivity contribution in [1.82, 2.24) is 4.90 Å². The van der Waals surface area contributed by atoms with Crippen molar-refractivity contribution in [2.75, 3.05) is 19.7 Å². The number of esters is 1. The Hall–Kier alpha value is -1.96. The molecule has 0 heterocycles. The summed E-state index contributed by atoms with van der Waals surface area (Å²) in [4.78, 5) is 23.6. The van der Waals surface area contributed by atoms with E-state index in [1.54, 1.807) is 0 Å². The van der Waals surface area contributed by atoms with E-state index in [9.17, 15) is 27.2 Å². The second-order valence-electron chi connectivity index (χ2n) is 5.01. The predicted octanol–water partition coefficient (Wildman–Crippen LogP) is 3.11. The summed E-state index contributed by atoms with van der Waals surface area (Å²) in [5.41, 5.74) is -0.835. The Kier molecular flexibility index (Phi) is 6.89. The number of ether oxygens (including phenoxy) is 1. The van der Waals surface area contributed by atoms with Crippen molar-refractivity contribution in [3.8, 4) is 0 Å². The van der Waals surface area contributed by atoms with Gasteiger partial charge < -0.3 is 4.74 Å². The number of carbonyl (C=O) groups is 2. The third kappa shape index (κ3) is 3.75. The van der Waals surface area contributed by atoms with Gasteiger partial charge in [0, 0.05) is 18.1 Å². The van der Waals surface area contributed by atoms with Gasteiger partial charge in [-0.1, -0.05) is 20.4 Å².